The number of carbonyl (C=O) groups is 4. The fraction of sp³-hybridized carbons (Fsp3) is 0.277. The van der Waals surface area contributed by atoms with E-state index in [0.29, 0.717) is 58.5 Å². The van der Waals surface area contributed by atoms with E-state index in [9.17, 15) is 29.4 Å². The van der Waals surface area contributed by atoms with Crippen LogP contribution in [0.4, 0.5) is 0 Å². The third-order valence-corrected chi connectivity index (χ3v) is 10.8. The van der Waals surface area contributed by atoms with Gasteiger partial charge in [-0.3, -0.25) is 9.59 Å². The van der Waals surface area contributed by atoms with Crippen molar-refractivity contribution >= 4 is 61.5 Å². The molecule has 0 bridgehead atoms. The van der Waals surface area contributed by atoms with Crippen LogP contribution in [0.25, 0.3) is 33.2 Å². The zero-order chi connectivity index (χ0) is 45.6. The van der Waals surface area contributed by atoms with Gasteiger partial charge in [0.2, 0.25) is 11.2 Å². The van der Waals surface area contributed by atoms with Gasteiger partial charge in [0, 0.05) is 60.8 Å². The van der Waals surface area contributed by atoms with Crippen molar-refractivity contribution in [1.82, 2.24) is 29.4 Å². The number of halogens is 1. The number of ether oxygens (including phenoxy) is 4. The molecule has 2 amide bonds. The van der Waals surface area contributed by atoms with E-state index in [2.05, 4.69) is 43.9 Å². The molecule has 4 heterocycles. The zero-order valence-corrected chi connectivity index (χ0v) is 36.8. The number of rotatable bonds is 6. The van der Waals surface area contributed by atoms with Crippen molar-refractivity contribution in [3.8, 4) is 47.1 Å². The van der Waals surface area contributed by atoms with Gasteiger partial charge < -0.3 is 39.0 Å². The molecule has 16 nitrogen and oxygen atoms in total. The summed E-state index contributed by atoms with van der Waals surface area (Å²) in [5.74, 6) is 7.07. The van der Waals surface area contributed by atoms with Crippen molar-refractivity contribution in [1.29, 1.82) is 0 Å². The quantitative estimate of drug-likeness (QED) is 0.165. The average Bonchev–Trinajstić information content (AvgIpc) is 4.04. The molecule has 2 saturated heterocycles. The van der Waals surface area contributed by atoms with E-state index in [1.54, 1.807) is 74.1 Å². The summed E-state index contributed by atoms with van der Waals surface area (Å²) >= 11 is 3.44. The van der Waals surface area contributed by atoms with E-state index >= 15 is 0 Å². The van der Waals surface area contributed by atoms with E-state index in [1.165, 1.54) is 24.0 Å². The molecule has 2 fully saturated rings. The Morgan fingerprint density at radius 1 is 0.703 bits per heavy atom. The zero-order valence-electron chi connectivity index (χ0n) is 35.2. The van der Waals surface area contributed by atoms with Crippen LogP contribution in [0, 0.1) is 24.2 Å². The monoisotopic (exact) mass is 934 g/mol. The Morgan fingerprint density at radius 3 is 1.56 bits per heavy atom. The van der Waals surface area contributed by atoms with Crippen LogP contribution in [-0.2, 0) is 19.1 Å². The number of likely N-dealkylation sites (tertiary alicyclic amines) is 2. The predicted octanol–water partition coefficient (Wildman–Crippen LogP) is 5.20. The topological polar surface area (TPSA) is 188 Å². The van der Waals surface area contributed by atoms with Crippen molar-refractivity contribution < 1.29 is 48.3 Å². The first kappa shape index (κ1) is 47.9. The summed E-state index contributed by atoms with van der Waals surface area (Å²) in [7, 11) is 9.03. The fourth-order valence-electron chi connectivity index (χ4n) is 6.93. The number of para-hydroxylation sites is 2. The molecule has 6 aromatic rings. The first-order chi connectivity index (χ1) is 30.1. The minimum absolute atomic E-state index is 0. The molecule has 2 atom stereocenters. The summed E-state index contributed by atoms with van der Waals surface area (Å²) in [5, 5.41) is 30.0. The number of methoxy groups -OCH3 is 4. The first-order valence-electron chi connectivity index (χ1n) is 19.2. The Balaban J connectivity index is 0.000000203. The van der Waals surface area contributed by atoms with E-state index < -0.39 is 29.0 Å². The maximum absolute atomic E-state index is 12.3. The molecule has 4 aromatic carbocycles. The Labute approximate surface area is 378 Å². The lowest BCUT2D eigenvalue weighted by atomic mass is 10.0. The molecule has 2 N–H and O–H groups in total. The highest BCUT2D eigenvalue weighted by Gasteiger charge is 2.43. The van der Waals surface area contributed by atoms with Gasteiger partial charge in [-0.25, -0.2) is 19.0 Å². The van der Waals surface area contributed by atoms with E-state index in [-0.39, 0.29) is 31.1 Å². The number of hydrogen-bond donors (Lipinski definition) is 2. The molecule has 332 valence electrons. The molecule has 0 saturated carbocycles. The van der Waals surface area contributed by atoms with Crippen LogP contribution in [-0.4, -0.2) is 130 Å². The molecular weight excluding hydrogens is 888 g/mol. The second kappa shape index (κ2) is 19.9. The lowest BCUT2D eigenvalue weighted by molar-refractivity contribution is -0.138. The maximum Gasteiger partial charge on any atom is 0.359 e. The van der Waals surface area contributed by atoms with Crippen molar-refractivity contribution in [3.63, 3.8) is 0 Å². The van der Waals surface area contributed by atoms with Gasteiger partial charge in [0.15, 0.2) is 11.4 Å². The van der Waals surface area contributed by atoms with Crippen molar-refractivity contribution in [3.05, 3.63) is 106 Å². The molecule has 64 heavy (non-hydrogen) atoms. The number of nitrogens with zero attached hydrogens (tertiary/aromatic N) is 6. The number of esters is 2. The normalized spacial score (nSPS) is 17.5. The Morgan fingerprint density at radius 2 is 1.16 bits per heavy atom. The van der Waals surface area contributed by atoms with E-state index in [4.69, 9.17) is 25.4 Å². The van der Waals surface area contributed by atoms with Crippen molar-refractivity contribution in [2.24, 2.45) is 0 Å². The van der Waals surface area contributed by atoms with Gasteiger partial charge in [-0.2, -0.15) is 10.2 Å². The molecule has 2 aliphatic heterocycles. The van der Waals surface area contributed by atoms with Crippen LogP contribution in [0.5, 0.6) is 11.5 Å². The van der Waals surface area contributed by atoms with Crippen LogP contribution >= 0.6 is 15.9 Å². The average molecular weight is 936 g/mol. The molecule has 0 radical (unpaired) electrons. The molecular formula is C47H47BrN6O10. The summed E-state index contributed by atoms with van der Waals surface area (Å²) in [5.41, 5.74) is 0.617. The summed E-state index contributed by atoms with van der Waals surface area (Å²) < 4.78 is 24.8. The standard InChI is InChI=1S/C23H21N3O5.C16H13BrN2O3.C7H9NO2.CH4/c1-25-13-12-23(29,22(25)28)11-10-15-6-4-7-16(14-15)26-20-17(8-5-9-18(20)30-2)19(24-26)21(27)31-3;1-21-13-8-4-7-12-14(16(20)22-2)18-19(15(12)13)11-6-3-5-10(17)9-11;1-3-7(10)4-5-8(2)6(7)9;/h4-9,14,29H,12-13H2,1-3H3;3-9H,1-2H3;1,10H,4-5H2,2H3;1H4/t23-;;7-;/m0.0./s1. The number of hydrogen-bond acceptors (Lipinski definition) is 12. The van der Waals surface area contributed by atoms with Crippen LogP contribution in [0.3, 0.4) is 0 Å². The number of fused-ring (bicyclic) bond motifs is 2. The number of aromatic nitrogens is 4. The lowest BCUT2D eigenvalue weighted by Gasteiger charge is -2.13. The summed E-state index contributed by atoms with van der Waals surface area (Å²) in [6.07, 6.45) is 5.58. The Hall–Kier alpha value is -7.18. The minimum Gasteiger partial charge on any atom is -0.494 e. The second-order valence-corrected chi connectivity index (χ2v) is 15.2. The van der Waals surface area contributed by atoms with Gasteiger partial charge in [-0.1, -0.05) is 77.5 Å². The molecule has 0 aliphatic carbocycles. The number of terminal acetylenes is 1. The molecule has 0 spiro atoms. The van der Waals surface area contributed by atoms with E-state index in [0.717, 1.165) is 15.7 Å². The Kier molecular flexibility index (Phi) is 14.9. The van der Waals surface area contributed by atoms with Crippen LogP contribution in [0.2, 0.25) is 0 Å². The molecule has 2 aromatic heterocycles. The lowest BCUT2D eigenvalue weighted by Crippen LogP contribution is -2.37. The molecule has 0 unspecified atom stereocenters. The third kappa shape index (κ3) is 9.42. The molecule has 17 heteroatoms. The van der Waals surface area contributed by atoms with Crippen LogP contribution in [0.15, 0.2) is 89.4 Å². The maximum atomic E-state index is 12.3. The van der Waals surface area contributed by atoms with Gasteiger partial charge in [0.25, 0.3) is 11.8 Å². The predicted molar refractivity (Wildman–Crippen MR) is 242 cm³/mol. The van der Waals surface area contributed by atoms with Crippen LogP contribution < -0.4 is 9.47 Å². The second-order valence-electron chi connectivity index (χ2n) is 14.3. The molecule has 8 rings (SSSR count). The number of aliphatic hydroxyl groups is 2. The van der Waals surface area contributed by atoms with Crippen LogP contribution in [0.1, 0.15) is 46.8 Å². The summed E-state index contributed by atoms with van der Waals surface area (Å²) in [6, 6.07) is 25.6. The highest BCUT2D eigenvalue weighted by atomic mass is 79.9. The first-order valence-corrected chi connectivity index (χ1v) is 20.0. The third-order valence-electron chi connectivity index (χ3n) is 10.3. The molecule has 2 aliphatic rings. The smallest absolute Gasteiger partial charge is 0.359 e. The largest absolute Gasteiger partial charge is 0.494 e. The fourth-order valence-corrected chi connectivity index (χ4v) is 7.31. The van der Waals surface area contributed by atoms with Gasteiger partial charge in [0.1, 0.15) is 22.5 Å². The Bertz CT molecular complexity index is 2860. The highest BCUT2D eigenvalue weighted by Crippen LogP contribution is 2.33. The van der Waals surface area contributed by atoms with E-state index in [1.807, 2.05) is 48.5 Å². The number of amides is 2. The van der Waals surface area contributed by atoms with Gasteiger partial charge in [-0.05, 0) is 48.5 Å². The van der Waals surface area contributed by atoms with Gasteiger partial charge in [0.05, 0.1) is 39.8 Å². The van der Waals surface area contributed by atoms with Gasteiger partial charge >= 0.3 is 11.9 Å². The number of carbonyl (C=O) groups excluding carboxylic acids is 4. The number of benzene rings is 4. The summed E-state index contributed by atoms with van der Waals surface area (Å²) in [4.78, 5) is 50.3. The van der Waals surface area contributed by atoms with Crippen molar-refractivity contribution in [2.45, 2.75) is 31.5 Å². The van der Waals surface area contributed by atoms with Crippen molar-refractivity contribution in [2.75, 3.05) is 55.6 Å². The minimum atomic E-state index is -1.68. The highest BCUT2D eigenvalue weighted by molar-refractivity contribution is 9.10. The number of likely N-dealkylation sites (N-methyl/N-ethyl adjacent to an activating group) is 2. The van der Waals surface area contributed by atoms with Gasteiger partial charge in [-0.15, -0.1) is 6.42 Å². The summed E-state index contributed by atoms with van der Waals surface area (Å²) in [6.45, 7) is 0.999. The SMILES string of the molecule is C.C#C[C@]1(O)CCN(C)C1=O.COC(=O)c1nn(-c2cccc(Br)c2)c2c(OC)cccc12.COC(=O)c1nn(-c2cccc(C#C[C@]3(O)CCN(C)C3=O)c2)c2c(OC)cccc12.